The minimum atomic E-state index is -0.558. The van der Waals surface area contributed by atoms with E-state index in [9.17, 15) is 24.5 Å². The number of benzene rings is 3. The molecule has 0 spiro atoms. The van der Waals surface area contributed by atoms with E-state index in [1.807, 2.05) is 6.07 Å². The second kappa shape index (κ2) is 11.1. The molecule has 3 amide bonds. The highest BCUT2D eigenvalue weighted by Crippen LogP contribution is 2.35. The zero-order valence-corrected chi connectivity index (χ0v) is 20.1. The number of imide groups is 1. The van der Waals surface area contributed by atoms with Crippen LogP contribution < -0.4 is 10.1 Å². The van der Waals surface area contributed by atoms with Gasteiger partial charge >= 0.3 is 0 Å². The highest BCUT2D eigenvalue weighted by Gasteiger charge is 2.36. The molecule has 1 fully saturated rings. The van der Waals surface area contributed by atoms with Gasteiger partial charge in [0, 0.05) is 17.3 Å². The largest absolute Gasteiger partial charge is 0.482 e. The van der Waals surface area contributed by atoms with Gasteiger partial charge in [0.2, 0.25) is 0 Å². The van der Waals surface area contributed by atoms with Crippen LogP contribution in [0.25, 0.3) is 6.08 Å². The van der Waals surface area contributed by atoms with Crippen molar-refractivity contribution in [1.29, 1.82) is 0 Å². The van der Waals surface area contributed by atoms with Crippen molar-refractivity contribution in [2.75, 3.05) is 11.9 Å². The smallest absolute Gasteiger partial charge is 0.293 e. The van der Waals surface area contributed by atoms with E-state index in [-0.39, 0.29) is 46.0 Å². The van der Waals surface area contributed by atoms with Crippen LogP contribution in [-0.4, -0.2) is 33.5 Å². The van der Waals surface area contributed by atoms with E-state index < -0.39 is 16.1 Å². The molecule has 3 aromatic rings. The number of ether oxygens (including phenoxy) is 1. The van der Waals surface area contributed by atoms with E-state index >= 15 is 0 Å². The van der Waals surface area contributed by atoms with Crippen molar-refractivity contribution < 1.29 is 24.0 Å². The molecule has 0 unspecified atom stereocenters. The molecule has 0 aliphatic carbocycles. The third kappa shape index (κ3) is 5.91. The van der Waals surface area contributed by atoms with Gasteiger partial charge in [0.25, 0.3) is 22.7 Å². The summed E-state index contributed by atoms with van der Waals surface area (Å²) >= 11 is 7.02. The monoisotopic (exact) mass is 523 g/mol. The molecule has 36 heavy (non-hydrogen) atoms. The highest BCUT2D eigenvalue weighted by atomic mass is 35.5. The first-order chi connectivity index (χ1) is 17.3. The Hall–Kier alpha value is -4.15. The Bertz CT molecular complexity index is 1380. The molecule has 3 aromatic carbocycles. The molecule has 0 radical (unpaired) electrons. The average molecular weight is 524 g/mol. The van der Waals surface area contributed by atoms with E-state index in [4.69, 9.17) is 16.3 Å². The van der Waals surface area contributed by atoms with E-state index in [2.05, 4.69) is 5.32 Å². The summed E-state index contributed by atoms with van der Waals surface area (Å²) in [6.45, 7) is -0.462. The fraction of sp³-hybridized carbons (Fsp3) is 0.0800. The number of nitro groups is 1. The molecule has 0 saturated carbocycles. The molecule has 9 nitrogen and oxygen atoms in total. The first-order valence-corrected chi connectivity index (χ1v) is 11.8. The maximum atomic E-state index is 12.8. The van der Waals surface area contributed by atoms with Crippen LogP contribution in [0.2, 0.25) is 5.02 Å². The van der Waals surface area contributed by atoms with E-state index in [0.29, 0.717) is 11.3 Å². The van der Waals surface area contributed by atoms with Gasteiger partial charge in [-0.25, -0.2) is 0 Å². The molecule has 4 rings (SSSR count). The number of nitrogens with zero attached hydrogens (tertiary/aromatic N) is 2. The standard InChI is InChI=1S/C25H18ClN3O6S/c26-19-12-16(10-11-21(19)35-15-23(30)27-18-7-2-1-3-8-18)13-22-24(31)28(25(32)36-22)14-17-6-4-5-9-20(17)29(33)34/h1-13H,14-15H2,(H,27,30)/b22-13-. The number of halogens is 1. The average Bonchev–Trinajstić information content (AvgIpc) is 3.11. The molecule has 1 heterocycles. The topological polar surface area (TPSA) is 119 Å². The minimum Gasteiger partial charge on any atom is -0.482 e. The van der Waals surface area contributed by atoms with Gasteiger partial charge in [-0.3, -0.25) is 29.4 Å². The lowest BCUT2D eigenvalue weighted by Gasteiger charge is -2.12. The van der Waals surface area contributed by atoms with Gasteiger partial charge in [0.15, 0.2) is 6.61 Å². The van der Waals surface area contributed by atoms with Crippen LogP contribution in [0.3, 0.4) is 0 Å². The predicted molar refractivity (Wildman–Crippen MR) is 137 cm³/mol. The van der Waals surface area contributed by atoms with E-state index in [1.54, 1.807) is 48.5 Å². The Morgan fingerprint density at radius 3 is 2.53 bits per heavy atom. The second-order valence-electron chi connectivity index (χ2n) is 7.55. The third-order valence-corrected chi connectivity index (χ3v) is 6.26. The summed E-state index contributed by atoms with van der Waals surface area (Å²) in [6.07, 6.45) is 1.50. The second-order valence-corrected chi connectivity index (χ2v) is 8.95. The Kier molecular flexibility index (Phi) is 7.67. The number of carbonyl (C=O) groups is 3. The van der Waals surface area contributed by atoms with Crippen molar-refractivity contribution in [3.05, 3.63) is 104 Å². The van der Waals surface area contributed by atoms with Crippen LogP contribution in [0.4, 0.5) is 16.2 Å². The molecule has 0 aromatic heterocycles. The van der Waals surface area contributed by atoms with Crippen molar-refractivity contribution >= 4 is 57.9 Å². The Labute approximate surface area is 214 Å². The van der Waals surface area contributed by atoms with Gasteiger partial charge in [-0.1, -0.05) is 54.1 Å². The number of carbonyl (C=O) groups excluding carboxylic acids is 3. The maximum Gasteiger partial charge on any atom is 0.293 e. The zero-order chi connectivity index (χ0) is 25.7. The Morgan fingerprint density at radius 1 is 1.08 bits per heavy atom. The molecule has 1 aliphatic heterocycles. The minimum absolute atomic E-state index is 0.158. The molecule has 0 bridgehead atoms. The first kappa shape index (κ1) is 25.0. The molecule has 11 heteroatoms. The van der Waals surface area contributed by atoms with Crippen molar-refractivity contribution in [3.63, 3.8) is 0 Å². The number of amides is 3. The number of rotatable bonds is 8. The van der Waals surface area contributed by atoms with E-state index in [1.165, 1.54) is 24.3 Å². The predicted octanol–water partition coefficient (Wildman–Crippen LogP) is 5.50. The zero-order valence-electron chi connectivity index (χ0n) is 18.5. The molecular weight excluding hydrogens is 506 g/mol. The number of para-hydroxylation sites is 2. The summed E-state index contributed by atoms with van der Waals surface area (Å²) in [5, 5.41) is 13.6. The van der Waals surface area contributed by atoms with Crippen LogP contribution in [-0.2, 0) is 16.1 Å². The molecular formula is C25H18ClN3O6S. The summed E-state index contributed by atoms with van der Waals surface area (Å²) in [5.74, 6) is -0.632. The molecule has 1 N–H and O–H groups in total. The molecule has 182 valence electrons. The first-order valence-electron chi connectivity index (χ1n) is 10.6. The fourth-order valence-corrected chi connectivity index (χ4v) is 4.45. The summed E-state index contributed by atoms with van der Waals surface area (Å²) in [6, 6.07) is 19.6. The third-order valence-electron chi connectivity index (χ3n) is 5.06. The number of anilines is 1. The summed E-state index contributed by atoms with van der Waals surface area (Å²) in [7, 11) is 0. The van der Waals surface area contributed by atoms with Gasteiger partial charge < -0.3 is 10.1 Å². The normalized spacial score (nSPS) is 14.2. The summed E-state index contributed by atoms with van der Waals surface area (Å²) in [4.78, 5) is 49.2. The summed E-state index contributed by atoms with van der Waals surface area (Å²) in [5.41, 5.74) is 1.27. The highest BCUT2D eigenvalue weighted by molar-refractivity contribution is 8.18. The lowest BCUT2D eigenvalue weighted by molar-refractivity contribution is -0.385. The molecule has 1 saturated heterocycles. The number of hydrogen-bond acceptors (Lipinski definition) is 7. The Balaban J connectivity index is 1.41. The summed E-state index contributed by atoms with van der Waals surface area (Å²) < 4.78 is 5.49. The molecule has 1 aliphatic rings. The van der Waals surface area contributed by atoms with Crippen LogP contribution in [0.1, 0.15) is 11.1 Å². The number of hydrogen-bond donors (Lipinski definition) is 1. The van der Waals surface area contributed by atoms with Gasteiger partial charge in [0.05, 0.1) is 21.4 Å². The van der Waals surface area contributed by atoms with Gasteiger partial charge in [-0.2, -0.15) is 0 Å². The van der Waals surface area contributed by atoms with Gasteiger partial charge in [-0.05, 0) is 47.7 Å². The maximum absolute atomic E-state index is 12.8. The van der Waals surface area contributed by atoms with E-state index in [0.717, 1.165) is 16.7 Å². The van der Waals surface area contributed by atoms with Crippen LogP contribution in [0.15, 0.2) is 77.7 Å². The van der Waals surface area contributed by atoms with Crippen LogP contribution >= 0.6 is 23.4 Å². The lowest BCUT2D eigenvalue weighted by Crippen LogP contribution is -2.27. The fourth-order valence-electron chi connectivity index (χ4n) is 3.37. The Morgan fingerprint density at radius 2 is 1.81 bits per heavy atom. The SMILES string of the molecule is O=C(COc1ccc(/C=C2\SC(=O)N(Cc3ccccc3[N+](=O)[O-])C2=O)cc1Cl)Nc1ccccc1. The lowest BCUT2D eigenvalue weighted by atomic mass is 10.1. The van der Waals surface area contributed by atoms with Gasteiger partial charge in [0.1, 0.15) is 5.75 Å². The number of nitrogens with one attached hydrogen (secondary N) is 1. The van der Waals surface area contributed by atoms with Crippen LogP contribution in [0, 0.1) is 10.1 Å². The van der Waals surface area contributed by atoms with Crippen molar-refractivity contribution in [2.24, 2.45) is 0 Å². The van der Waals surface area contributed by atoms with Crippen molar-refractivity contribution in [3.8, 4) is 5.75 Å². The van der Waals surface area contributed by atoms with Crippen molar-refractivity contribution in [1.82, 2.24) is 4.90 Å². The number of thioether (sulfide) groups is 1. The quantitative estimate of drug-likeness (QED) is 0.235. The van der Waals surface area contributed by atoms with Gasteiger partial charge in [-0.15, -0.1) is 0 Å². The number of nitro benzene ring substituents is 1. The van der Waals surface area contributed by atoms with Crippen molar-refractivity contribution in [2.45, 2.75) is 6.54 Å². The molecule has 0 atom stereocenters. The van der Waals surface area contributed by atoms with Crippen LogP contribution in [0.5, 0.6) is 5.75 Å².